The quantitative estimate of drug-likeness (QED) is 0.598. The molecule has 0 N–H and O–H groups in total. The fourth-order valence-electron chi connectivity index (χ4n) is 2.47. The minimum absolute atomic E-state index is 0.250. The first-order valence-electron chi connectivity index (χ1n) is 8.12. The zero-order valence-corrected chi connectivity index (χ0v) is 15.3. The smallest absolute Gasteiger partial charge is 0.205 e. The first-order valence-corrected chi connectivity index (χ1v) is 9.00. The normalized spacial score (nSPS) is 12.4. The van der Waals surface area contributed by atoms with Crippen LogP contribution < -0.4 is 4.80 Å². The van der Waals surface area contributed by atoms with E-state index in [4.69, 9.17) is 0 Å². The zero-order valence-electron chi connectivity index (χ0n) is 14.5. The van der Waals surface area contributed by atoms with Crippen LogP contribution >= 0.6 is 11.3 Å². The van der Waals surface area contributed by atoms with Crippen molar-refractivity contribution < 1.29 is 4.39 Å². The van der Waals surface area contributed by atoms with Crippen molar-refractivity contribution in [2.45, 2.75) is 19.8 Å². The highest BCUT2D eigenvalue weighted by Crippen LogP contribution is 2.20. The zero-order chi connectivity index (χ0) is 17.8. The Morgan fingerprint density at radius 3 is 2.32 bits per heavy atom. The van der Waals surface area contributed by atoms with Crippen molar-refractivity contribution in [1.29, 1.82) is 0 Å². The number of rotatable bonds is 4. The summed E-state index contributed by atoms with van der Waals surface area (Å²) in [6.45, 7) is 4.35. The number of halogens is 1. The maximum Gasteiger partial charge on any atom is 0.205 e. The second-order valence-corrected chi connectivity index (χ2v) is 6.85. The summed E-state index contributed by atoms with van der Waals surface area (Å²) in [6, 6.07) is 14.8. The van der Waals surface area contributed by atoms with Gasteiger partial charge in [0.05, 0.1) is 11.9 Å². The largest absolute Gasteiger partial charge is 0.261 e. The number of thiazole rings is 1. The second-order valence-electron chi connectivity index (χ2n) is 6.01. The number of nitrogens with zero attached hydrogens (tertiary/aromatic N) is 3. The summed E-state index contributed by atoms with van der Waals surface area (Å²) in [6.07, 6.45) is 1.82. The molecule has 0 bridgehead atoms. The van der Waals surface area contributed by atoms with Gasteiger partial charge in [0, 0.05) is 18.0 Å². The minimum atomic E-state index is -0.250. The topological polar surface area (TPSA) is 29.6 Å². The molecule has 25 heavy (non-hydrogen) atoms. The Balaban J connectivity index is 1.96. The third-order valence-electron chi connectivity index (χ3n) is 3.94. The van der Waals surface area contributed by atoms with Gasteiger partial charge in [-0.05, 0) is 41.3 Å². The van der Waals surface area contributed by atoms with Crippen LogP contribution in [-0.2, 0) is 0 Å². The molecule has 0 fully saturated rings. The molecule has 5 heteroatoms. The molecule has 0 atom stereocenters. The van der Waals surface area contributed by atoms with Crippen molar-refractivity contribution in [1.82, 2.24) is 4.68 Å². The summed E-state index contributed by atoms with van der Waals surface area (Å²) in [7, 11) is 1.74. The molecule has 0 aliphatic heterocycles. The van der Waals surface area contributed by atoms with Crippen molar-refractivity contribution in [2.75, 3.05) is 7.05 Å². The Morgan fingerprint density at radius 2 is 1.72 bits per heavy atom. The summed E-state index contributed by atoms with van der Waals surface area (Å²) in [5.74, 6) is 0.257. The Morgan fingerprint density at radius 1 is 1.04 bits per heavy atom. The monoisotopic (exact) mass is 353 g/mol. The van der Waals surface area contributed by atoms with Crippen LogP contribution in [0.25, 0.3) is 11.3 Å². The van der Waals surface area contributed by atoms with Gasteiger partial charge in [-0.1, -0.05) is 38.1 Å². The SMILES string of the molecule is CN=c1scc(-c2ccc(F)cc2)n1N=Cc1ccc(C(C)C)cc1. The van der Waals surface area contributed by atoms with Crippen LogP contribution in [-0.4, -0.2) is 17.9 Å². The fraction of sp³-hybridized carbons (Fsp3) is 0.200. The molecular formula is C20H20FN3S. The average Bonchev–Trinajstić information content (AvgIpc) is 3.04. The average molecular weight is 353 g/mol. The standard InChI is InChI=1S/C20H20FN3S/c1-14(2)16-6-4-15(5-7-16)12-23-24-19(13-25-20(24)22-3)17-8-10-18(21)11-9-17/h4-14H,1-3H3. The summed E-state index contributed by atoms with van der Waals surface area (Å²) in [4.78, 5) is 5.06. The van der Waals surface area contributed by atoms with Crippen LogP contribution in [0.15, 0.2) is 64.0 Å². The predicted octanol–water partition coefficient (Wildman–Crippen LogP) is 4.89. The van der Waals surface area contributed by atoms with E-state index in [2.05, 4.69) is 48.2 Å². The Bertz CT molecular complexity index is 932. The maximum atomic E-state index is 13.2. The van der Waals surface area contributed by atoms with E-state index in [9.17, 15) is 4.39 Å². The van der Waals surface area contributed by atoms with Gasteiger partial charge in [-0.15, -0.1) is 11.3 Å². The first-order chi connectivity index (χ1) is 12.1. The van der Waals surface area contributed by atoms with Gasteiger partial charge in [-0.25, -0.2) is 9.07 Å². The summed E-state index contributed by atoms with van der Waals surface area (Å²) in [5.41, 5.74) is 4.12. The second kappa shape index (κ2) is 7.57. The highest BCUT2D eigenvalue weighted by Gasteiger charge is 2.07. The molecule has 0 unspecified atom stereocenters. The molecule has 3 nitrogen and oxygen atoms in total. The fourth-order valence-corrected chi connectivity index (χ4v) is 3.28. The van der Waals surface area contributed by atoms with Crippen LogP contribution in [0.5, 0.6) is 0 Å². The van der Waals surface area contributed by atoms with Crippen molar-refractivity contribution in [3.05, 3.63) is 75.7 Å². The van der Waals surface area contributed by atoms with E-state index in [1.54, 1.807) is 23.9 Å². The number of aromatic nitrogens is 1. The molecule has 0 radical (unpaired) electrons. The highest BCUT2D eigenvalue weighted by molar-refractivity contribution is 7.07. The third kappa shape index (κ3) is 3.94. The molecule has 0 spiro atoms. The summed E-state index contributed by atoms with van der Waals surface area (Å²) >= 11 is 1.51. The Kier molecular flexibility index (Phi) is 5.24. The van der Waals surface area contributed by atoms with Gasteiger partial charge in [0.15, 0.2) is 0 Å². The lowest BCUT2D eigenvalue weighted by atomic mass is 10.0. The molecule has 3 aromatic rings. The van der Waals surface area contributed by atoms with Gasteiger partial charge in [-0.2, -0.15) is 5.10 Å². The van der Waals surface area contributed by atoms with Gasteiger partial charge in [0.1, 0.15) is 5.82 Å². The van der Waals surface area contributed by atoms with Crippen molar-refractivity contribution >= 4 is 17.6 Å². The van der Waals surface area contributed by atoms with Gasteiger partial charge in [-0.3, -0.25) is 4.99 Å². The van der Waals surface area contributed by atoms with E-state index in [1.165, 1.54) is 29.0 Å². The van der Waals surface area contributed by atoms with Crippen molar-refractivity contribution in [3.8, 4) is 11.3 Å². The molecule has 0 aliphatic rings. The molecular weight excluding hydrogens is 333 g/mol. The molecule has 3 rings (SSSR count). The molecule has 1 aromatic heterocycles. The highest BCUT2D eigenvalue weighted by atomic mass is 32.1. The number of hydrogen-bond donors (Lipinski definition) is 0. The predicted molar refractivity (Wildman–Crippen MR) is 103 cm³/mol. The molecule has 0 saturated carbocycles. The Hall–Kier alpha value is -2.53. The van der Waals surface area contributed by atoms with Gasteiger partial charge >= 0.3 is 0 Å². The molecule has 0 saturated heterocycles. The first kappa shape index (κ1) is 17.3. The van der Waals surface area contributed by atoms with Crippen LogP contribution in [0.3, 0.4) is 0 Å². The lowest BCUT2D eigenvalue weighted by Crippen LogP contribution is -2.11. The number of hydrogen-bond acceptors (Lipinski definition) is 3. The van der Waals surface area contributed by atoms with Gasteiger partial charge in [0.2, 0.25) is 4.80 Å². The van der Waals surface area contributed by atoms with E-state index >= 15 is 0 Å². The molecule has 0 aliphatic carbocycles. The van der Waals surface area contributed by atoms with Crippen LogP contribution in [0, 0.1) is 5.82 Å². The maximum absolute atomic E-state index is 13.2. The molecule has 128 valence electrons. The molecule has 1 heterocycles. The lowest BCUT2D eigenvalue weighted by Gasteiger charge is -2.05. The molecule has 2 aromatic carbocycles. The van der Waals surface area contributed by atoms with Crippen LogP contribution in [0.2, 0.25) is 0 Å². The van der Waals surface area contributed by atoms with Gasteiger partial charge < -0.3 is 0 Å². The van der Waals surface area contributed by atoms with E-state index in [1.807, 2.05) is 11.6 Å². The van der Waals surface area contributed by atoms with Crippen LogP contribution in [0.1, 0.15) is 30.9 Å². The Labute approximate surface area is 150 Å². The summed E-state index contributed by atoms with van der Waals surface area (Å²) in [5, 5.41) is 6.58. The van der Waals surface area contributed by atoms with Gasteiger partial charge in [0.25, 0.3) is 0 Å². The number of benzene rings is 2. The van der Waals surface area contributed by atoms with Crippen molar-refractivity contribution in [3.63, 3.8) is 0 Å². The van der Waals surface area contributed by atoms with E-state index in [-0.39, 0.29) is 5.82 Å². The third-order valence-corrected chi connectivity index (χ3v) is 4.85. The van der Waals surface area contributed by atoms with E-state index in [0.717, 1.165) is 21.6 Å². The molecule has 0 amide bonds. The van der Waals surface area contributed by atoms with Crippen molar-refractivity contribution in [2.24, 2.45) is 10.1 Å². The minimum Gasteiger partial charge on any atom is -0.261 e. The van der Waals surface area contributed by atoms with E-state index in [0.29, 0.717) is 5.92 Å². The van der Waals surface area contributed by atoms with E-state index < -0.39 is 0 Å². The summed E-state index contributed by atoms with van der Waals surface area (Å²) < 4.78 is 15.0. The lowest BCUT2D eigenvalue weighted by molar-refractivity contribution is 0.628. The van der Waals surface area contributed by atoms with Crippen LogP contribution in [0.4, 0.5) is 4.39 Å².